The summed E-state index contributed by atoms with van der Waals surface area (Å²) in [7, 11) is 1.68. The van der Waals surface area contributed by atoms with Gasteiger partial charge >= 0.3 is 5.97 Å². The number of hydrogen-bond acceptors (Lipinski definition) is 3. The van der Waals surface area contributed by atoms with E-state index in [0.717, 1.165) is 18.2 Å². The highest BCUT2D eigenvalue weighted by atomic mass is 19.1. The summed E-state index contributed by atoms with van der Waals surface area (Å²) in [5.41, 5.74) is 0.643. The Morgan fingerprint density at radius 3 is 2.76 bits per heavy atom. The highest BCUT2D eigenvalue weighted by Gasteiger charge is 2.17. The number of benzene rings is 1. The zero-order valence-corrected chi connectivity index (χ0v) is 11.6. The number of aromatic carboxylic acids is 1. The third-order valence-electron chi connectivity index (χ3n) is 2.95. The van der Waals surface area contributed by atoms with Crippen molar-refractivity contribution in [2.75, 3.05) is 5.32 Å². The van der Waals surface area contributed by atoms with Crippen LogP contribution in [0.5, 0.6) is 0 Å². The van der Waals surface area contributed by atoms with Crippen molar-refractivity contribution in [3.05, 3.63) is 47.0 Å². The second-order valence-corrected chi connectivity index (χ2v) is 4.47. The molecule has 0 fully saturated rings. The summed E-state index contributed by atoms with van der Waals surface area (Å²) in [6, 6.07) is 3.22. The Hall–Kier alpha value is -2.70. The maximum atomic E-state index is 13.7. The van der Waals surface area contributed by atoms with Gasteiger partial charge in [-0.25, -0.2) is 9.18 Å². The number of carbonyl (C=O) groups is 2. The van der Waals surface area contributed by atoms with Crippen LogP contribution in [0.15, 0.2) is 24.4 Å². The first-order valence-electron chi connectivity index (χ1n) is 6.29. The Morgan fingerprint density at radius 1 is 1.43 bits per heavy atom. The molecule has 6 nitrogen and oxygen atoms in total. The molecule has 2 N–H and O–H groups in total. The minimum atomic E-state index is -1.19. The number of aromatic nitrogens is 2. The molecule has 0 aliphatic carbocycles. The first-order valence-corrected chi connectivity index (χ1v) is 6.29. The molecule has 0 unspecified atom stereocenters. The third kappa shape index (κ3) is 3.07. The van der Waals surface area contributed by atoms with Crippen LogP contribution in [-0.2, 0) is 13.5 Å². The van der Waals surface area contributed by atoms with E-state index >= 15 is 0 Å². The van der Waals surface area contributed by atoms with Crippen molar-refractivity contribution in [1.82, 2.24) is 9.78 Å². The molecule has 0 radical (unpaired) electrons. The van der Waals surface area contributed by atoms with Crippen LogP contribution in [0.4, 0.5) is 10.1 Å². The number of aryl methyl sites for hydroxylation is 2. The zero-order chi connectivity index (χ0) is 15.6. The molecule has 1 heterocycles. The average molecular weight is 291 g/mol. The van der Waals surface area contributed by atoms with Crippen molar-refractivity contribution in [3.63, 3.8) is 0 Å². The second-order valence-electron chi connectivity index (χ2n) is 4.47. The van der Waals surface area contributed by atoms with E-state index in [4.69, 9.17) is 5.11 Å². The summed E-state index contributed by atoms with van der Waals surface area (Å²) < 4.78 is 15.2. The number of anilines is 1. The molecular weight excluding hydrogens is 277 g/mol. The van der Waals surface area contributed by atoms with Crippen LogP contribution in [0, 0.1) is 5.82 Å². The average Bonchev–Trinajstić information content (AvgIpc) is 2.82. The first kappa shape index (κ1) is 14.7. The molecule has 1 aromatic carbocycles. The van der Waals surface area contributed by atoms with Crippen molar-refractivity contribution >= 4 is 17.6 Å². The van der Waals surface area contributed by atoms with Crippen molar-refractivity contribution < 1.29 is 19.1 Å². The topological polar surface area (TPSA) is 84.2 Å². The molecule has 1 aromatic heterocycles. The fraction of sp³-hybridized carbons (Fsp3) is 0.214. The van der Waals surface area contributed by atoms with E-state index in [9.17, 15) is 14.0 Å². The molecule has 110 valence electrons. The number of nitrogens with zero attached hydrogens (tertiary/aromatic N) is 2. The standard InChI is InChI=1S/C14H14FN3O3/c1-3-11-9(7-18(2)17-11)13(19)16-12-6-8(14(20)21)4-5-10(12)15/h4-7H,3H2,1-2H3,(H,16,19)(H,20,21). The zero-order valence-electron chi connectivity index (χ0n) is 11.6. The maximum Gasteiger partial charge on any atom is 0.335 e. The normalized spacial score (nSPS) is 10.4. The van der Waals surface area contributed by atoms with Crippen LogP contribution in [0.2, 0.25) is 0 Å². The number of carboxylic acid groups (broad SMARTS) is 1. The van der Waals surface area contributed by atoms with Gasteiger partial charge in [0.15, 0.2) is 0 Å². The smallest absolute Gasteiger partial charge is 0.335 e. The van der Waals surface area contributed by atoms with Crippen LogP contribution in [0.25, 0.3) is 0 Å². The maximum absolute atomic E-state index is 13.7. The molecule has 1 amide bonds. The highest BCUT2D eigenvalue weighted by molar-refractivity contribution is 6.05. The summed E-state index contributed by atoms with van der Waals surface area (Å²) in [6.45, 7) is 1.85. The van der Waals surface area contributed by atoms with Gasteiger partial charge in [-0.1, -0.05) is 6.92 Å². The number of carbonyl (C=O) groups excluding carboxylic acids is 1. The lowest BCUT2D eigenvalue weighted by atomic mass is 10.1. The molecule has 0 aliphatic rings. The fourth-order valence-corrected chi connectivity index (χ4v) is 1.93. The lowest BCUT2D eigenvalue weighted by Crippen LogP contribution is -2.14. The molecule has 2 aromatic rings. The van der Waals surface area contributed by atoms with E-state index in [1.165, 1.54) is 10.9 Å². The molecule has 2 rings (SSSR count). The lowest BCUT2D eigenvalue weighted by Gasteiger charge is -2.07. The Morgan fingerprint density at radius 2 is 2.14 bits per heavy atom. The molecule has 0 spiro atoms. The quantitative estimate of drug-likeness (QED) is 0.903. The number of rotatable bonds is 4. The van der Waals surface area contributed by atoms with Crippen LogP contribution < -0.4 is 5.32 Å². The van der Waals surface area contributed by atoms with Gasteiger partial charge in [-0.2, -0.15) is 5.10 Å². The van der Waals surface area contributed by atoms with Gasteiger partial charge in [0.05, 0.1) is 22.5 Å². The van der Waals surface area contributed by atoms with Gasteiger partial charge in [0, 0.05) is 13.2 Å². The molecular formula is C14H14FN3O3. The van der Waals surface area contributed by atoms with E-state index in [1.54, 1.807) is 7.05 Å². The largest absolute Gasteiger partial charge is 0.478 e. The van der Waals surface area contributed by atoms with Crippen molar-refractivity contribution in [1.29, 1.82) is 0 Å². The van der Waals surface area contributed by atoms with Crippen LogP contribution in [0.3, 0.4) is 0 Å². The number of nitrogens with one attached hydrogen (secondary N) is 1. The summed E-state index contributed by atoms with van der Waals surface area (Å²) in [6.07, 6.45) is 2.09. The first-order chi connectivity index (χ1) is 9.92. The monoisotopic (exact) mass is 291 g/mol. The van der Waals surface area contributed by atoms with E-state index in [0.29, 0.717) is 17.7 Å². The van der Waals surface area contributed by atoms with Gasteiger partial charge in [-0.3, -0.25) is 9.48 Å². The Balaban J connectivity index is 2.31. The minimum absolute atomic E-state index is 0.103. The highest BCUT2D eigenvalue weighted by Crippen LogP contribution is 2.18. The van der Waals surface area contributed by atoms with E-state index < -0.39 is 17.7 Å². The summed E-state index contributed by atoms with van der Waals surface area (Å²) in [5, 5.41) is 15.4. The van der Waals surface area contributed by atoms with Gasteiger partial charge in [0.2, 0.25) is 0 Å². The summed E-state index contributed by atoms with van der Waals surface area (Å²) in [4.78, 5) is 23.0. The third-order valence-corrected chi connectivity index (χ3v) is 2.95. The van der Waals surface area contributed by atoms with Gasteiger partial charge in [0.25, 0.3) is 5.91 Å². The minimum Gasteiger partial charge on any atom is -0.478 e. The molecule has 7 heteroatoms. The van der Waals surface area contributed by atoms with Gasteiger partial charge in [0.1, 0.15) is 5.82 Å². The van der Waals surface area contributed by atoms with Gasteiger partial charge in [-0.15, -0.1) is 0 Å². The Bertz CT molecular complexity index is 709. The van der Waals surface area contributed by atoms with E-state index in [1.807, 2.05) is 6.92 Å². The number of amides is 1. The molecule has 0 aliphatic heterocycles. The molecule has 0 atom stereocenters. The van der Waals surface area contributed by atoms with Crippen LogP contribution >= 0.6 is 0 Å². The molecule has 21 heavy (non-hydrogen) atoms. The molecule has 0 saturated carbocycles. The predicted octanol–water partition coefficient (Wildman–Crippen LogP) is 2.07. The number of hydrogen-bond donors (Lipinski definition) is 2. The number of carboxylic acids is 1. The van der Waals surface area contributed by atoms with Crippen molar-refractivity contribution in [2.24, 2.45) is 7.05 Å². The fourth-order valence-electron chi connectivity index (χ4n) is 1.93. The van der Waals surface area contributed by atoms with Gasteiger partial charge in [-0.05, 0) is 24.6 Å². The molecule has 0 saturated heterocycles. The lowest BCUT2D eigenvalue weighted by molar-refractivity contribution is 0.0696. The van der Waals surface area contributed by atoms with Crippen molar-refractivity contribution in [2.45, 2.75) is 13.3 Å². The Kier molecular flexibility index (Phi) is 4.02. The van der Waals surface area contributed by atoms with Crippen molar-refractivity contribution in [3.8, 4) is 0 Å². The van der Waals surface area contributed by atoms with Crippen LogP contribution in [-0.4, -0.2) is 26.8 Å². The second kappa shape index (κ2) is 5.74. The number of halogens is 1. The Labute approximate surface area is 120 Å². The van der Waals surface area contributed by atoms with E-state index in [2.05, 4.69) is 10.4 Å². The van der Waals surface area contributed by atoms with Crippen LogP contribution in [0.1, 0.15) is 33.3 Å². The molecule has 0 bridgehead atoms. The van der Waals surface area contributed by atoms with E-state index in [-0.39, 0.29) is 11.3 Å². The SMILES string of the molecule is CCc1nn(C)cc1C(=O)Nc1cc(C(=O)O)ccc1F. The summed E-state index contributed by atoms with van der Waals surface area (Å²) in [5.74, 6) is -2.42. The van der Waals surface area contributed by atoms with Gasteiger partial charge < -0.3 is 10.4 Å². The summed E-state index contributed by atoms with van der Waals surface area (Å²) >= 11 is 0. The predicted molar refractivity (Wildman–Crippen MR) is 73.9 cm³/mol.